The Bertz CT molecular complexity index is 610. The van der Waals surface area contributed by atoms with Crippen LogP contribution in [0.5, 0.6) is 0 Å². The van der Waals surface area contributed by atoms with Gasteiger partial charge in [0.05, 0.1) is 4.90 Å². The van der Waals surface area contributed by atoms with Gasteiger partial charge in [0, 0.05) is 5.69 Å². The van der Waals surface area contributed by atoms with E-state index < -0.39 is 17.5 Å². The Morgan fingerprint density at radius 1 is 1.16 bits per heavy atom. The van der Waals surface area contributed by atoms with Gasteiger partial charge in [0.2, 0.25) is 0 Å². The molecule has 0 saturated carbocycles. The number of hydrogen-bond acceptors (Lipinski definition) is 5. The number of carbonyl (C=O) groups is 1. The second-order valence-corrected chi connectivity index (χ2v) is 4.57. The van der Waals surface area contributed by atoms with E-state index in [4.69, 9.17) is 11.5 Å². The number of primary amides is 1. The zero-order valence-electron chi connectivity index (χ0n) is 9.43. The van der Waals surface area contributed by atoms with Crippen molar-refractivity contribution >= 4 is 23.4 Å². The molecule has 0 atom stereocenters. The van der Waals surface area contributed by atoms with Crippen molar-refractivity contribution in [2.45, 2.75) is 9.92 Å². The van der Waals surface area contributed by atoms with Gasteiger partial charge in [0.15, 0.2) is 5.69 Å². The second-order valence-electron chi connectivity index (χ2n) is 3.54. The number of anilines is 1. The predicted octanol–water partition coefficient (Wildman–Crippen LogP) is 1.59. The fourth-order valence-corrected chi connectivity index (χ4v) is 2.03. The highest BCUT2D eigenvalue weighted by molar-refractivity contribution is 7.99. The van der Waals surface area contributed by atoms with Gasteiger partial charge in [-0.25, -0.2) is 8.78 Å². The molecule has 4 N–H and O–H groups in total. The summed E-state index contributed by atoms with van der Waals surface area (Å²) in [5, 5.41) is 7.41. The molecule has 0 aliphatic rings. The number of amides is 1. The van der Waals surface area contributed by atoms with Crippen LogP contribution >= 0.6 is 11.8 Å². The van der Waals surface area contributed by atoms with Crippen molar-refractivity contribution in [3.8, 4) is 0 Å². The van der Waals surface area contributed by atoms with E-state index in [0.29, 0.717) is 0 Å². The highest BCUT2D eigenvalue weighted by Crippen LogP contribution is 2.31. The van der Waals surface area contributed by atoms with Crippen LogP contribution in [-0.4, -0.2) is 16.1 Å². The van der Waals surface area contributed by atoms with Crippen LogP contribution in [0.3, 0.4) is 0 Å². The molecule has 2 rings (SSSR count). The largest absolute Gasteiger partial charge is 0.399 e. The van der Waals surface area contributed by atoms with Crippen molar-refractivity contribution in [3.63, 3.8) is 0 Å². The van der Waals surface area contributed by atoms with Crippen LogP contribution in [0.15, 0.2) is 34.2 Å². The molecule has 0 bridgehead atoms. The number of benzene rings is 1. The van der Waals surface area contributed by atoms with Crippen LogP contribution in [0.4, 0.5) is 14.5 Å². The number of nitrogens with two attached hydrogens (primary N) is 2. The first kappa shape index (κ1) is 13.2. The molecule has 0 radical (unpaired) electrons. The van der Waals surface area contributed by atoms with Gasteiger partial charge in [0.25, 0.3) is 5.91 Å². The molecule has 2 aromatic rings. The number of carbonyl (C=O) groups excluding carboxylic acids is 1. The van der Waals surface area contributed by atoms with Crippen molar-refractivity contribution < 1.29 is 13.6 Å². The van der Waals surface area contributed by atoms with Crippen LogP contribution in [0.25, 0.3) is 0 Å². The molecule has 8 heteroatoms. The first-order valence-electron chi connectivity index (χ1n) is 5.03. The standard InChI is InChI=1S/C11H8F2N4OS/c12-6-3-5(14)4-7(13)10(6)19-9-2-1-8(11(15)18)16-17-9/h1-4H,14H2,(H2,15,18). The lowest BCUT2D eigenvalue weighted by Crippen LogP contribution is -2.13. The lowest BCUT2D eigenvalue weighted by molar-refractivity contribution is 0.0994. The maximum Gasteiger partial charge on any atom is 0.269 e. The van der Waals surface area contributed by atoms with Gasteiger partial charge in [-0.1, -0.05) is 11.8 Å². The van der Waals surface area contributed by atoms with Crippen molar-refractivity contribution in [2.75, 3.05) is 5.73 Å². The highest BCUT2D eigenvalue weighted by Gasteiger charge is 2.13. The Labute approximate surface area is 111 Å². The maximum absolute atomic E-state index is 13.5. The monoisotopic (exact) mass is 282 g/mol. The summed E-state index contributed by atoms with van der Waals surface area (Å²) in [6.45, 7) is 0. The molecule has 5 nitrogen and oxygen atoms in total. The van der Waals surface area contributed by atoms with Gasteiger partial charge in [-0.2, -0.15) is 0 Å². The summed E-state index contributed by atoms with van der Waals surface area (Å²) in [5.41, 5.74) is 10.3. The lowest BCUT2D eigenvalue weighted by atomic mass is 10.3. The van der Waals surface area contributed by atoms with E-state index in [2.05, 4.69) is 10.2 Å². The molecule has 1 aromatic carbocycles. The van der Waals surface area contributed by atoms with Gasteiger partial charge in [-0.15, -0.1) is 10.2 Å². The molecule has 19 heavy (non-hydrogen) atoms. The summed E-state index contributed by atoms with van der Waals surface area (Å²) >= 11 is 0.739. The van der Waals surface area contributed by atoms with Crippen LogP contribution in [0.2, 0.25) is 0 Å². The summed E-state index contributed by atoms with van der Waals surface area (Å²) in [5.74, 6) is -2.31. The molecular formula is C11H8F2N4OS. The third-order valence-electron chi connectivity index (χ3n) is 2.12. The Balaban J connectivity index is 2.29. The second kappa shape index (κ2) is 5.19. The minimum Gasteiger partial charge on any atom is -0.399 e. The van der Waals surface area contributed by atoms with Crippen LogP contribution < -0.4 is 11.5 Å². The van der Waals surface area contributed by atoms with Gasteiger partial charge in [-0.05, 0) is 24.3 Å². The average molecular weight is 282 g/mol. The van der Waals surface area contributed by atoms with E-state index in [-0.39, 0.29) is 21.3 Å². The summed E-state index contributed by atoms with van der Waals surface area (Å²) in [7, 11) is 0. The Hall–Kier alpha value is -2.22. The summed E-state index contributed by atoms with van der Waals surface area (Å²) in [6.07, 6.45) is 0. The summed E-state index contributed by atoms with van der Waals surface area (Å²) in [6, 6.07) is 4.74. The van der Waals surface area contributed by atoms with Crippen LogP contribution in [-0.2, 0) is 0 Å². The zero-order valence-corrected chi connectivity index (χ0v) is 10.2. The number of nitrogen functional groups attached to an aromatic ring is 1. The van der Waals surface area contributed by atoms with E-state index in [0.717, 1.165) is 23.9 Å². The van der Waals surface area contributed by atoms with Gasteiger partial charge in [-0.3, -0.25) is 4.79 Å². The van der Waals surface area contributed by atoms with Crippen molar-refractivity contribution in [2.24, 2.45) is 5.73 Å². The fraction of sp³-hybridized carbons (Fsp3) is 0. The lowest BCUT2D eigenvalue weighted by Gasteiger charge is -2.05. The minimum atomic E-state index is -0.789. The molecule has 0 unspecified atom stereocenters. The Morgan fingerprint density at radius 3 is 2.26 bits per heavy atom. The fourth-order valence-electron chi connectivity index (χ4n) is 1.29. The van der Waals surface area contributed by atoms with Crippen LogP contribution in [0, 0.1) is 11.6 Å². The third-order valence-corrected chi connectivity index (χ3v) is 3.14. The Kier molecular flexibility index (Phi) is 3.61. The normalized spacial score (nSPS) is 10.4. The van der Waals surface area contributed by atoms with Crippen molar-refractivity contribution in [3.05, 3.63) is 41.6 Å². The molecule has 1 aromatic heterocycles. The molecule has 0 fully saturated rings. The molecule has 0 saturated heterocycles. The first-order chi connectivity index (χ1) is 8.97. The topological polar surface area (TPSA) is 94.9 Å². The van der Waals surface area contributed by atoms with Crippen molar-refractivity contribution in [1.82, 2.24) is 10.2 Å². The molecule has 0 aliphatic heterocycles. The SMILES string of the molecule is NC(=O)c1ccc(Sc2c(F)cc(N)cc2F)nn1. The average Bonchev–Trinajstić information content (AvgIpc) is 2.34. The molecule has 1 amide bonds. The number of hydrogen-bond donors (Lipinski definition) is 2. The summed E-state index contributed by atoms with van der Waals surface area (Å²) < 4.78 is 27.1. The van der Waals surface area contributed by atoms with E-state index >= 15 is 0 Å². The predicted molar refractivity (Wildman–Crippen MR) is 65.4 cm³/mol. The van der Waals surface area contributed by atoms with E-state index in [1.54, 1.807) is 0 Å². The minimum absolute atomic E-state index is 0.00508. The molecule has 0 spiro atoms. The molecular weight excluding hydrogens is 274 g/mol. The van der Waals surface area contributed by atoms with E-state index in [1.807, 2.05) is 0 Å². The van der Waals surface area contributed by atoms with Gasteiger partial charge in [0.1, 0.15) is 16.7 Å². The first-order valence-corrected chi connectivity index (χ1v) is 5.85. The van der Waals surface area contributed by atoms with Crippen LogP contribution in [0.1, 0.15) is 10.5 Å². The smallest absolute Gasteiger partial charge is 0.269 e. The number of aromatic nitrogens is 2. The molecule has 0 aliphatic carbocycles. The van der Waals surface area contributed by atoms with Crippen molar-refractivity contribution in [1.29, 1.82) is 0 Å². The quantitative estimate of drug-likeness (QED) is 0.833. The summed E-state index contributed by atoms with van der Waals surface area (Å²) in [4.78, 5) is 10.6. The number of halogens is 2. The highest BCUT2D eigenvalue weighted by atomic mass is 32.2. The molecule has 98 valence electrons. The van der Waals surface area contributed by atoms with Gasteiger partial charge >= 0.3 is 0 Å². The number of nitrogens with zero attached hydrogens (tertiary/aromatic N) is 2. The van der Waals surface area contributed by atoms with E-state index in [9.17, 15) is 13.6 Å². The Morgan fingerprint density at radius 2 is 1.79 bits per heavy atom. The number of rotatable bonds is 3. The zero-order chi connectivity index (χ0) is 14.0. The van der Waals surface area contributed by atoms with Gasteiger partial charge < -0.3 is 11.5 Å². The van der Waals surface area contributed by atoms with E-state index in [1.165, 1.54) is 12.1 Å². The maximum atomic E-state index is 13.5. The molecule has 1 heterocycles. The third kappa shape index (κ3) is 2.97.